The third kappa shape index (κ3) is 2.74. The van der Waals surface area contributed by atoms with Gasteiger partial charge in [0.15, 0.2) is 0 Å². The van der Waals surface area contributed by atoms with Gasteiger partial charge in [0, 0.05) is 19.8 Å². The Morgan fingerprint density at radius 3 is 2.38 bits per heavy atom. The number of hydrogen-bond donors (Lipinski definition) is 2. The molecule has 0 fully saturated rings. The molecule has 1 aromatic carbocycles. The summed E-state index contributed by atoms with van der Waals surface area (Å²) in [6.07, 6.45) is 0. The summed E-state index contributed by atoms with van der Waals surface area (Å²) < 4.78 is 0. The first-order chi connectivity index (χ1) is 7.47. The summed E-state index contributed by atoms with van der Waals surface area (Å²) in [5, 5.41) is 9.18. The van der Waals surface area contributed by atoms with Gasteiger partial charge in [0.2, 0.25) is 0 Å². The molecule has 90 valence electrons. The van der Waals surface area contributed by atoms with Crippen molar-refractivity contribution in [2.24, 2.45) is 5.73 Å². The number of hydrogen-bond acceptors (Lipinski definition) is 3. The number of nitrogens with zero attached hydrogens (tertiary/aromatic N) is 1. The highest BCUT2D eigenvalue weighted by Gasteiger charge is 2.13. The van der Waals surface area contributed by atoms with E-state index < -0.39 is 0 Å². The number of rotatable bonds is 4. The molecule has 0 radical (unpaired) electrons. The highest BCUT2D eigenvalue weighted by molar-refractivity contribution is 5.55. The smallest absolute Gasteiger partial charge is 0.0625 e. The van der Waals surface area contributed by atoms with Gasteiger partial charge >= 0.3 is 0 Å². The van der Waals surface area contributed by atoms with Gasteiger partial charge in [0.1, 0.15) is 0 Å². The first-order valence-electron chi connectivity index (χ1n) is 5.65. The molecule has 1 atom stereocenters. The second-order valence-electron chi connectivity index (χ2n) is 4.66. The normalized spacial score (nSPS) is 12.9. The van der Waals surface area contributed by atoms with Gasteiger partial charge in [-0.15, -0.1) is 0 Å². The molecule has 1 aromatic rings. The van der Waals surface area contributed by atoms with Gasteiger partial charge < -0.3 is 15.7 Å². The van der Waals surface area contributed by atoms with Gasteiger partial charge in [-0.25, -0.2) is 0 Å². The predicted molar refractivity (Wildman–Crippen MR) is 68.9 cm³/mol. The van der Waals surface area contributed by atoms with E-state index in [4.69, 9.17) is 5.73 Å². The average Bonchev–Trinajstić information content (AvgIpc) is 2.26. The van der Waals surface area contributed by atoms with Gasteiger partial charge in [-0.2, -0.15) is 0 Å². The molecule has 0 aromatic heterocycles. The molecule has 3 heteroatoms. The summed E-state index contributed by atoms with van der Waals surface area (Å²) in [7, 11) is 3.97. The summed E-state index contributed by atoms with van der Waals surface area (Å²) in [5.41, 5.74) is 9.27. The standard InChI is InChI=1S/C13H22N2O/c1-9(2)10-5-6-13(15(3)4)11(7-10)12(14)8-16/h5-7,9,12,16H,8,14H2,1-4H3. The second kappa shape index (κ2) is 5.32. The summed E-state index contributed by atoms with van der Waals surface area (Å²) in [5.74, 6) is 0.473. The van der Waals surface area contributed by atoms with E-state index >= 15 is 0 Å². The molecule has 16 heavy (non-hydrogen) atoms. The van der Waals surface area contributed by atoms with Crippen LogP contribution in [-0.4, -0.2) is 25.8 Å². The number of benzene rings is 1. The Morgan fingerprint density at radius 1 is 1.31 bits per heavy atom. The minimum atomic E-state index is -0.309. The Bertz CT molecular complexity index is 348. The van der Waals surface area contributed by atoms with Crippen molar-refractivity contribution >= 4 is 5.69 Å². The SMILES string of the molecule is CC(C)c1ccc(N(C)C)c(C(N)CO)c1. The maximum atomic E-state index is 9.18. The zero-order valence-electron chi connectivity index (χ0n) is 10.6. The largest absolute Gasteiger partial charge is 0.394 e. The van der Waals surface area contributed by atoms with Gasteiger partial charge in [0.05, 0.1) is 12.6 Å². The van der Waals surface area contributed by atoms with Crippen LogP contribution in [0, 0.1) is 0 Å². The van der Waals surface area contributed by atoms with Crippen molar-refractivity contribution in [2.45, 2.75) is 25.8 Å². The molecule has 0 saturated heterocycles. The fraction of sp³-hybridized carbons (Fsp3) is 0.538. The lowest BCUT2D eigenvalue weighted by Gasteiger charge is -2.22. The van der Waals surface area contributed by atoms with Crippen LogP contribution in [0.2, 0.25) is 0 Å². The Balaban J connectivity index is 3.21. The van der Waals surface area contributed by atoms with Gasteiger partial charge in [-0.05, 0) is 23.1 Å². The van der Waals surface area contributed by atoms with Crippen LogP contribution in [0.15, 0.2) is 18.2 Å². The van der Waals surface area contributed by atoms with E-state index in [0.717, 1.165) is 11.3 Å². The Hall–Kier alpha value is -1.06. The van der Waals surface area contributed by atoms with Gasteiger partial charge in [-0.1, -0.05) is 26.0 Å². The van der Waals surface area contributed by atoms with E-state index in [0.29, 0.717) is 5.92 Å². The second-order valence-corrected chi connectivity index (χ2v) is 4.66. The van der Waals surface area contributed by atoms with Crippen molar-refractivity contribution in [3.8, 4) is 0 Å². The molecular weight excluding hydrogens is 200 g/mol. The molecule has 0 saturated carbocycles. The van der Waals surface area contributed by atoms with Gasteiger partial charge in [-0.3, -0.25) is 0 Å². The monoisotopic (exact) mass is 222 g/mol. The minimum absolute atomic E-state index is 0.0254. The van der Waals surface area contributed by atoms with Crippen molar-refractivity contribution < 1.29 is 5.11 Å². The van der Waals surface area contributed by atoms with E-state index in [-0.39, 0.29) is 12.6 Å². The first-order valence-corrected chi connectivity index (χ1v) is 5.65. The van der Waals surface area contributed by atoms with Crippen LogP contribution in [0.4, 0.5) is 5.69 Å². The maximum absolute atomic E-state index is 9.18. The van der Waals surface area contributed by atoms with Crippen LogP contribution in [0.1, 0.15) is 36.9 Å². The summed E-state index contributed by atoms with van der Waals surface area (Å²) in [4.78, 5) is 2.02. The van der Waals surface area contributed by atoms with E-state index in [1.54, 1.807) is 0 Å². The quantitative estimate of drug-likeness (QED) is 0.817. The van der Waals surface area contributed by atoms with Crippen molar-refractivity contribution in [1.82, 2.24) is 0 Å². The fourth-order valence-corrected chi connectivity index (χ4v) is 1.73. The summed E-state index contributed by atoms with van der Waals surface area (Å²) in [6.45, 7) is 4.28. The highest BCUT2D eigenvalue weighted by Crippen LogP contribution is 2.27. The predicted octanol–water partition coefficient (Wildman–Crippen LogP) is 1.87. The van der Waals surface area contributed by atoms with Crippen molar-refractivity contribution in [1.29, 1.82) is 0 Å². The molecule has 0 aliphatic rings. The molecule has 0 aliphatic carbocycles. The minimum Gasteiger partial charge on any atom is -0.394 e. The Morgan fingerprint density at radius 2 is 1.94 bits per heavy atom. The lowest BCUT2D eigenvalue weighted by atomic mass is 9.96. The molecule has 0 heterocycles. The fourth-order valence-electron chi connectivity index (χ4n) is 1.73. The van der Waals surface area contributed by atoms with E-state index in [2.05, 4.69) is 32.0 Å². The lowest BCUT2D eigenvalue weighted by molar-refractivity contribution is 0.268. The molecule has 1 rings (SSSR count). The van der Waals surface area contributed by atoms with E-state index in [9.17, 15) is 5.11 Å². The summed E-state index contributed by atoms with van der Waals surface area (Å²) in [6, 6.07) is 5.98. The zero-order chi connectivity index (χ0) is 12.3. The van der Waals surface area contributed by atoms with E-state index in [1.165, 1.54) is 5.56 Å². The van der Waals surface area contributed by atoms with Crippen LogP contribution in [0.5, 0.6) is 0 Å². The number of aliphatic hydroxyl groups excluding tert-OH is 1. The average molecular weight is 222 g/mol. The highest BCUT2D eigenvalue weighted by atomic mass is 16.3. The van der Waals surface area contributed by atoms with Crippen molar-refractivity contribution in [2.75, 3.05) is 25.6 Å². The van der Waals surface area contributed by atoms with Crippen LogP contribution >= 0.6 is 0 Å². The Kier molecular flexibility index (Phi) is 4.33. The van der Waals surface area contributed by atoms with Crippen LogP contribution in [-0.2, 0) is 0 Å². The first kappa shape index (κ1) is 13.0. The molecule has 3 N–H and O–H groups in total. The van der Waals surface area contributed by atoms with Crippen molar-refractivity contribution in [3.63, 3.8) is 0 Å². The molecule has 3 nitrogen and oxygen atoms in total. The maximum Gasteiger partial charge on any atom is 0.0625 e. The lowest BCUT2D eigenvalue weighted by Crippen LogP contribution is -2.20. The number of anilines is 1. The zero-order valence-corrected chi connectivity index (χ0v) is 10.6. The number of aliphatic hydroxyl groups is 1. The summed E-state index contributed by atoms with van der Waals surface area (Å²) >= 11 is 0. The Labute approximate surface area is 97.9 Å². The van der Waals surface area contributed by atoms with Crippen LogP contribution < -0.4 is 10.6 Å². The van der Waals surface area contributed by atoms with Gasteiger partial charge in [0.25, 0.3) is 0 Å². The molecule has 0 bridgehead atoms. The van der Waals surface area contributed by atoms with E-state index in [1.807, 2.05) is 19.0 Å². The molecule has 0 aliphatic heterocycles. The third-order valence-corrected chi connectivity index (χ3v) is 2.80. The molecule has 0 amide bonds. The topological polar surface area (TPSA) is 49.5 Å². The third-order valence-electron chi connectivity index (χ3n) is 2.80. The molecule has 0 spiro atoms. The number of nitrogens with two attached hydrogens (primary N) is 1. The molecule has 1 unspecified atom stereocenters. The van der Waals surface area contributed by atoms with Crippen molar-refractivity contribution in [3.05, 3.63) is 29.3 Å². The molecular formula is C13H22N2O. The van der Waals surface area contributed by atoms with Crippen LogP contribution in [0.25, 0.3) is 0 Å². The van der Waals surface area contributed by atoms with Crippen LogP contribution in [0.3, 0.4) is 0 Å².